The third kappa shape index (κ3) is 16.3. The number of hydrogen-bond acceptors (Lipinski definition) is 3. The van der Waals surface area contributed by atoms with E-state index in [1.165, 1.54) is 72.0 Å². The van der Waals surface area contributed by atoms with Gasteiger partial charge in [0.25, 0.3) is 0 Å². The van der Waals surface area contributed by atoms with E-state index >= 15 is 0 Å². The molecule has 0 aromatic heterocycles. The molecule has 0 fully saturated rings. The Morgan fingerprint density at radius 1 is 0.338 bits per heavy atom. The molecule has 0 heterocycles. The Bertz CT molecular complexity index is 2350. The molecular weight excluding hydrogens is 997 g/mol. The van der Waals surface area contributed by atoms with Gasteiger partial charge in [0.05, 0.1) is 8.07 Å². The van der Waals surface area contributed by atoms with Crippen LogP contribution in [-0.4, -0.2) is 24.2 Å². The van der Waals surface area contributed by atoms with Crippen molar-refractivity contribution in [3.63, 3.8) is 0 Å². The van der Waals surface area contributed by atoms with Crippen LogP contribution in [-0.2, 0) is 39.8 Å². The summed E-state index contributed by atoms with van der Waals surface area (Å²) in [7, 11) is -4.86. The highest BCUT2D eigenvalue weighted by molar-refractivity contribution is 7.80. The van der Waals surface area contributed by atoms with Crippen molar-refractivity contribution in [2.75, 3.05) is 0 Å². The van der Waals surface area contributed by atoms with Gasteiger partial charge in [-0.1, -0.05) is 284 Å². The fraction of sp³-hybridized carbons (Fsp3) is 0.647. The third-order valence-corrected chi connectivity index (χ3v) is 35.6. The highest BCUT2D eigenvalue weighted by Gasteiger charge is 2.59. The van der Waals surface area contributed by atoms with Crippen LogP contribution in [0.3, 0.4) is 0 Å². The van der Waals surface area contributed by atoms with Gasteiger partial charge in [-0.3, -0.25) is 0 Å². The van der Waals surface area contributed by atoms with Crippen LogP contribution in [0, 0.1) is 13.8 Å². The van der Waals surface area contributed by atoms with E-state index in [1.807, 2.05) is 0 Å². The van der Waals surface area contributed by atoms with Crippen molar-refractivity contribution < 1.29 is 0 Å². The minimum Gasteiger partial charge on any atom is -0.143 e. The zero-order chi connectivity index (χ0) is 58.4. The van der Waals surface area contributed by atoms with E-state index < -0.39 is 24.2 Å². The molecule has 0 atom stereocenters. The number of aryl methyl sites for hydroxylation is 2. The summed E-state index contributed by atoms with van der Waals surface area (Å²) >= 11 is 14.6. The SMILES string of the molecule is CC(C)(C)c1cc(C[Si](C(C)(C)C)(C(C)(C)C)C(C)(C)C)cc(C(C)(C)C)c1S.CC(C)(C)c1cc(C[Si](c2ccccc2)(C(C)(C)C)C(C)(C)C)cc(C(C)(C)C)c1S.Cc1cc(C[Si](C)(C)C)cc(C)c1S. The van der Waals surface area contributed by atoms with Crippen LogP contribution in [0.4, 0.5) is 0 Å². The molecular formula is C68H116S3Si3. The summed E-state index contributed by atoms with van der Waals surface area (Å²) in [6, 6.07) is 29.5. The molecule has 4 rings (SSSR count). The van der Waals surface area contributed by atoms with Gasteiger partial charge in [0.1, 0.15) is 8.07 Å². The normalized spacial score (nSPS) is 14.0. The van der Waals surface area contributed by atoms with Crippen LogP contribution in [0.1, 0.15) is 237 Å². The predicted octanol–water partition coefficient (Wildman–Crippen LogP) is 22.1. The van der Waals surface area contributed by atoms with Crippen molar-refractivity contribution in [3.05, 3.63) is 117 Å². The van der Waals surface area contributed by atoms with E-state index in [2.05, 4.69) is 300 Å². The number of rotatable bonds is 7. The Morgan fingerprint density at radius 3 is 0.851 bits per heavy atom. The monoisotopic (exact) mass is 1110 g/mol. The van der Waals surface area contributed by atoms with Crippen molar-refractivity contribution in [1.82, 2.24) is 0 Å². The van der Waals surface area contributed by atoms with Gasteiger partial charge < -0.3 is 0 Å². The summed E-state index contributed by atoms with van der Waals surface area (Å²) in [5.41, 5.74) is 12.9. The van der Waals surface area contributed by atoms with Gasteiger partial charge in [-0.25, -0.2) is 0 Å². The molecule has 4 aromatic carbocycles. The molecule has 0 bridgehead atoms. The van der Waals surface area contributed by atoms with Gasteiger partial charge in [-0.15, -0.1) is 37.9 Å². The molecule has 0 amide bonds. The Labute approximate surface area is 480 Å². The van der Waals surface area contributed by atoms with Crippen molar-refractivity contribution in [2.45, 2.75) is 300 Å². The van der Waals surface area contributed by atoms with Crippen molar-refractivity contribution >= 4 is 67.3 Å². The fourth-order valence-corrected chi connectivity index (χ4v) is 32.9. The molecule has 0 aliphatic rings. The van der Waals surface area contributed by atoms with Gasteiger partial charge >= 0.3 is 0 Å². The first-order valence-electron chi connectivity index (χ1n) is 28.2. The van der Waals surface area contributed by atoms with E-state index in [1.54, 1.807) is 5.19 Å². The van der Waals surface area contributed by atoms with Gasteiger partial charge in [0.2, 0.25) is 0 Å². The summed E-state index contributed by atoms with van der Waals surface area (Å²) in [6.45, 7) is 76.6. The van der Waals surface area contributed by atoms with Gasteiger partial charge in [0.15, 0.2) is 0 Å². The highest BCUT2D eigenvalue weighted by atomic mass is 32.1. The first kappa shape index (κ1) is 68.7. The van der Waals surface area contributed by atoms with Crippen molar-refractivity contribution in [1.29, 1.82) is 0 Å². The summed E-state index contributed by atoms with van der Waals surface area (Å²) in [5.74, 6) is 0. The van der Waals surface area contributed by atoms with Crippen LogP contribution >= 0.6 is 37.9 Å². The van der Waals surface area contributed by atoms with E-state index in [0.717, 1.165) is 10.9 Å². The standard InChI is InChI=1S/C29H46SSi.C27H50SSi.C12H20SSi/c1-26(2,3)23-18-21(19-24(25(23)30)27(4,5)6)20-31(28(7,8)9,29(10,11)12)22-16-14-13-15-17-22;1-23(2,3)20-16-19(17-21(22(20)28)24(4,5)6)18-29(25(7,8)9,26(10,11)12)27(13,14)15;1-9-6-11(8-14(3,4)5)7-10(2)12(9)13/h13-19,30H,20H2,1-12H3;16-17,28H,18H2,1-15H3;6-7,13H,8H2,1-5H3. The highest BCUT2D eigenvalue weighted by Crippen LogP contribution is 2.63. The van der Waals surface area contributed by atoms with Gasteiger partial charge in [-0.2, -0.15) is 0 Å². The first-order valence-corrected chi connectivity index (χ1v) is 37.6. The maximum atomic E-state index is 5.05. The molecule has 6 heteroatoms. The molecule has 0 radical (unpaired) electrons. The molecule has 0 spiro atoms. The molecule has 0 nitrogen and oxygen atoms in total. The number of benzene rings is 4. The summed E-state index contributed by atoms with van der Waals surface area (Å²) in [4.78, 5) is 3.50. The largest absolute Gasteiger partial charge is 0.143 e. The minimum absolute atomic E-state index is 0.0630. The fourth-order valence-electron chi connectivity index (χ4n) is 13.8. The zero-order valence-corrected chi connectivity index (χ0v) is 60.0. The Kier molecular flexibility index (Phi) is 21.7. The van der Waals surface area contributed by atoms with Crippen LogP contribution in [0.2, 0.25) is 44.8 Å². The molecule has 0 aliphatic carbocycles. The smallest absolute Gasteiger partial charge is 0.102 e. The van der Waals surface area contributed by atoms with Crippen LogP contribution in [0.15, 0.2) is 81.4 Å². The lowest BCUT2D eigenvalue weighted by molar-refractivity contribution is 0.523. The summed E-state index contributed by atoms with van der Waals surface area (Å²) < 4.78 is 0. The van der Waals surface area contributed by atoms with E-state index in [4.69, 9.17) is 25.3 Å². The average molecular weight is 1110 g/mol. The summed E-state index contributed by atoms with van der Waals surface area (Å²) in [6.07, 6.45) is 0. The molecule has 0 saturated carbocycles. The minimum atomic E-state index is -2.02. The average Bonchev–Trinajstić information content (AvgIpc) is 3.15. The molecule has 4 aromatic rings. The van der Waals surface area contributed by atoms with E-state index in [9.17, 15) is 0 Å². The van der Waals surface area contributed by atoms with Crippen molar-refractivity contribution in [2.24, 2.45) is 0 Å². The predicted molar refractivity (Wildman–Crippen MR) is 356 cm³/mol. The molecule has 0 unspecified atom stereocenters. The molecule has 74 heavy (non-hydrogen) atoms. The second-order valence-corrected chi connectivity index (χ2v) is 52.4. The van der Waals surface area contributed by atoms with Crippen molar-refractivity contribution in [3.8, 4) is 0 Å². The second kappa shape index (κ2) is 23.3. The lowest BCUT2D eigenvalue weighted by Crippen LogP contribution is -2.63. The quantitative estimate of drug-likeness (QED) is 0.119. The number of hydrogen-bond donors (Lipinski definition) is 3. The first-order chi connectivity index (χ1) is 32.6. The van der Waals surface area contributed by atoms with Gasteiger partial charge in [-0.05, 0) is 123 Å². The lowest BCUT2D eigenvalue weighted by atomic mass is 9.79. The Balaban J connectivity index is 0.000000405. The number of thiol groups is 3. The second-order valence-electron chi connectivity index (χ2n) is 33.2. The van der Waals surface area contributed by atoms with Crippen LogP contribution < -0.4 is 5.19 Å². The Hall–Kier alpha value is -1.42. The lowest BCUT2D eigenvalue weighted by Gasteiger charge is -2.60. The van der Waals surface area contributed by atoms with E-state index in [0.29, 0.717) is 15.1 Å². The topological polar surface area (TPSA) is 0 Å². The zero-order valence-electron chi connectivity index (χ0n) is 54.3. The van der Waals surface area contributed by atoms with Crippen LogP contribution in [0.5, 0.6) is 0 Å². The molecule has 0 saturated heterocycles. The third-order valence-electron chi connectivity index (χ3n) is 16.5. The Morgan fingerprint density at radius 2 is 0.608 bits per heavy atom. The maximum absolute atomic E-state index is 5.05. The molecule has 0 aliphatic heterocycles. The van der Waals surface area contributed by atoms with E-state index in [-0.39, 0.29) is 31.7 Å². The molecule has 418 valence electrons. The van der Waals surface area contributed by atoms with Gasteiger partial charge in [0, 0.05) is 22.8 Å². The maximum Gasteiger partial charge on any atom is 0.102 e. The summed E-state index contributed by atoms with van der Waals surface area (Å²) in [5, 5.41) is 2.90. The van der Waals surface area contributed by atoms with Crippen LogP contribution in [0.25, 0.3) is 0 Å². The molecule has 0 N–H and O–H groups in total.